The second kappa shape index (κ2) is 10.8. The number of halogens is 1. The lowest BCUT2D eigenvalue weighted by Gasteiger charge is -2.35. The third-order valence-corrected chi connectivity index (χ3v) is 9.59. The Morgan fingerprint density at radius 1 is 1.13 bits per heavy atom. The van der Waals surface area contributed by atoms with Crippen molar-refractivity contribution in [2.45, 2.75) is 61.7 Å². The highest BCUT2D eigenvalue weighted by Crippen LogP contribution is 2.43. The molecule has 2 N–H and O–H groups in total. The third kappa shape index (κ3) is 5.25. The fraction of sp³-hybridized carbons (Fsp3) is 0.500. The van der Waals surface area contributed by atoms with Crippen LogP contribution >= 0.6 is 27.7 Å². The standard InChI is InChI=1S/C26H30BrN7O4S/c1-15(35)34-7-2-3-18(34)25(36)32-8-4-16(5-9-32)6-10-33-13-29-23(28)22-24(33)31-26(30-22)39-21-12-20-19(11-17(21)27)37-14-38-20/h11-13,16,18H,2-10,14,28H2,1H3/t18-/m1/s1. The molecule has 1 atom stereocenters. The molecule has 1 aromatic carbocycles. The van der Waals surface area contributed by atoms with Gasteiger partial charge < -0.3 is 29.6 Å². The van der Waals surface area contributed by atoms with E-state index in [4.69, 9.17) is 20.2 Å². The van der Waals surface area contributed by atoms with Crippen LogP contribution in [0.5, 0.6) is 11.5 Å². The van der Waals surface area contributed by atoms with Crippen LogP contribution in [-0.4, -0.2) is 73.6 Å². The summed E-state index contributed by atoms with van der Waals surface area (Å²) in [6, 6.07) is 3.51. The van der Waals surface area contributed by atoms with Crippen LogP contribution in [0.1, 0.15) is 39.0 Å². The summed E-state index contributed by atoms with van der Waals surface area (Å²) in [5.41, 5.74) is 6.74. The van der Waals surface area contributed by atoms with E-state index in [-0.39, 0.29) is 24.6 Å². The van der Waals surface area contributed by atoms with Gasteiger partial charge in [0.05, 0.1) is 6.33 Å². The van der Waals surface area contributed by atoms with Crippen LogP contribution in [0, 0.1) is 5.92 Å². The van der Waals surface area contributed by atoms with E-state index in [1.165, 1.54) is 11.8 Å². The zero-order chi connectivity index (χ0) is 27.1. The number of likely N-dealkylation sites (tertiary alicyclic amines) is 2. The number of nitrogens with zero attached hydrogens (tertiary/aromatic N) is 6. The molecule has 206 valence electrons. The topological polar surface area (TPSA) is 129 Å². The predicted molar refractivity (Wildman–Crippen MR) is 148 cm³/mol. The van der Waals surface area contributed by atoms with E-state index in [0.29, 0.717) is 46.5 Å². The van der Waals surface area contributed by atoms with Crippen molar-refractivity contribution in [2.75, 3.05) is 32.2 Å². The van der Waals surface area contributed by atoms with Gasteiger partial charge in [-0.05, 0) is 77.8 Å². The summed E-state index contributed by atoms with van der Waals surface area (Å²) in [4.78, 5) is 43.3. The molecule has 2 saturated heterocycles. The lowest BCUT2D eigenvalue weighted by Crippen LogP contribution is -2.49. The van der Waals surface area contributed by atoms with Crippen LogP contribution < -0.4 is 15.2 Å². The summed E-state index contributed by atoms with van der Waals surface area (Å²) >= 11 is 5.02. The number of hydrogen-bond donors (Lipinski definition) is 1. The van der Waals surface area contributed by atoms with Crippen LogP contribution in [0.2, 0.25) is 0 Å². The lowest BCUT2D eigenvalue weighted by molar-refractivity contribution is -0.143. The number of ether oxygens (including phenoxy) is 2. The summed E-state index contributed by atoms with van der Waals surface area (Å²) in [5, 5.41) is 0.580. The first-order valence-electron chi connectivity index (χ1n) is 13.2. The Kier molecular flexibility index (Phi) is 7.27. The number of aromatic nitrogens is 4. The molecule has 6 rings (SSSR count). The number of nitrogens with two attached hydrogens (primary N) is 1. The molecule has 5 aliphatic heterocycles. The van der Waals surface area contributed by atoms with Gasteiger partial charge in [0.1, 0.15) is 6.04 Å². The average Bonchev–Trinajstić information content (AvgIpc) is 3.68. The predicted octanol–water partition coefficient (Wildman–Crippen LogP) is 3.64. The van der Waals surface area contributed by atoms with Gasteiger partial charge in [0.2, 0.25) is 18.6 Å². The van der Waals surface area contributed by atoms with Gasteiger partial charge in [0, 0.05) is 42.5 Å². The van der Waals surface area contributed by atoms with Gasteiger partial charge in [-0.1, -0.05) is 0 Å². The molecule has 0 unspecified atom stereocenters. The molecule has 5 aliphatic rings. The van der Waals surface area contributed by atoms with Crippen LogP contribution in [0.25, 0.3) is 11.5 Å². The molecule has 0 bridgehead atoms. The molecule has 13 heteroatoms. The minimum atomic E-state index is -0.287. The molecule has 0 spiro atoms. The molecule has 0 radical (unpaired) electrons. The first-order chi connectivity index (χ1) is 18.9. The minimum absolute atomic E-state index is 0.0122. The lowest BCUT2D eigenvalue weighted by atomic mass is 9.93. The van der Waals surface area contributed by atoms with E-state index in [2.05, 4.69) is 25.9 Å². The van der Waals surface area contributed by atoms with Crippen molar-refractivity contribution >= 4 is 45.3 Å². The van der Waals surface area contributed by atoms with E-state index < -0.39 is 0 Å². The maximum Gasteiger partial charge on any atom is 0.245 e. The molecule has 0 aromatic heterocycles. The second-order valence-corrected chi connectivity index (χ2v) is 12.0. The van der Waals surface area contributed by atoms with Crippen LogP contribution in [0.4, 0.5) is 5.82 Å². The van der Waals surface area contributed by atoms with E-state index in [9.17, 15) is 9.59 Å². The third-order valence-electron chi connectivity index (χ3n) is 7.75. The number of rotatable bonds is 6. The van der Waals surface area contributed by atoms with Crippen molar-refractivity contribution in [1.29, 1.82) is 0 Å². The Labute approximate surface area is 238 Å². The van der Waals surface area contributed by atoms with Crippen molar-refractivity contribution in [3.05, 3.63) is 22.9 Å². The summed E-state index contributed by atoms with van der Waals surface area (Å²) < 4.78 is 13.8. The number of fused-ring (bicyclic) bond motifs is 2. The van der Waals surface area contributed by atoms with E-state index in [1.54, 1.807) is 18.2 Å². The second-order valence-electron chi connectivity index (χ2n) is 10.2. The van der Waals surface area contributed by atoms with Gasteiger partial charge in [0.25, 0.3) is 0 Å². The van der Waals surface area contributed by atoms with Gasteiger partial charge in [0.15, 0.2) is 34.0 Å². The summed E-state index contributed by atoms with van der Waals surface area (Å²) in [7, 11) is 0. The SMILES string of the molecule is CC(=O)N1CCC[C@@H]1C(=O)N1CCC(CCn2cnc(N)c3nc(Sc4cc5c(cc4Br)OCO5)nc2-3)CC1. The first kappa shape index (κ1) is 26.2. The number of imidazole rings is 1. The van der Waals surface area contributed by atoms with Crippen molar-refractivity contribution in [3.8, 4) is 23.0 Å². The maximum absolute atomic E-state index is 13.1. The van der Waals surface area contributed by atoms with Gasteiger partial charge >= 0.3 is 0 Å². The molecule has 2 fully saturated rings. The molecule has 0 saturated carbocycles. The monoisotopic (exact) mass is 615 g/mol. The highest BCUT2D eigenvalue weighted by Gasteiger charge is 2.36. The van der Waals surface area contributed by atoms with Crippen LogP contribution in [0.3, 0.4) is 0 Å². The summed E-state index contributed by atoms with van der Waals surface area (Å²) in [5.74, 6) is 3.04. The zero-order valence-corrected chi connectivity index (χ0v) is 24.0. The molecule has 5 heterocycles. The van der Waals surface area contributed by atoms with E-state index in [1.807, 2.05) is 21.6 Å². The van der Waals surface area contributed by atoms with Crippen LogP contribution in [-0.2, 0) is 16.1 Å². The number of aryl methyl sites for hydroxylation is 1. The maximum atomic E-state index is 13.1. The number of anilines is 1. The molecule has 39 heavy (non-hydrogen) atoms. The van der Waals surface area contributed by atoms with Gasteiger partial charge in [-0.2, -0.15) is 0 Å². The quantitative estimate of drug-likeness (QED) is 0.442. The number of piperidine rings is 1. The summed E-state index contributed by atoms with van der Waals surface area (Å²) in [6.45, 7) is 4.64. The van der Waals surface area contributed by atoms with Crippen molar-refractivity contribution in [2.24, 2.45) is 5.92 Å². The highest BCUT2D eigenvalue weighted by molar-refractivity contribution is 9.10. The highest BCUT2D eigenvalue weighted by atomic mass is 79.9. The Morgan fingerprint density at radius 2 is 1.90 bits per heavy atom. The fourth-order valence-electron chi connectivity index (χ4n) is 5.59. The Morgan fingerprint density at radius 3 is 2.67 bits per heavy atom. The Bertz CT molecular complexity index is 1380. The van der Waals surface area contributed by atoms with Crippen molar-refractivity contribution in [1.82, 2.24) is 29.3 Å². The van der Waals surface area contributed by atoms with Gasteiger partial charge in [-0.15, -0.1) is 0 Å². The number of carbonyl (C=O) groups excluding carboxylic acids is 2. The van der Waals surface area contributed by atoms with Crippen LogP contribution in [0.15, 0.2) is 33.0 Å². The summed E-state index contributed by atoms with van der Waals surface area (Å²) in [6.07, 6.45) is 6.22. The molecular weight excluding hydrogens is 586 g/mol. The number of hydrogen-bond acceptors (Lipinski definition) is 9. The molecule has 2 amide bonds. The van der Waals surface area contributed by atoms with Crippen molar-refractivity contribution in [3.63, 3.8) is 0 Å². The largest absolute Gasteiger partial charge is 0.454 e. The molecule has 0 aliphatic carbocycles. The number of benzene rings is 1. The zero-order valence-electron chi connectivity index (χ0n) is 21.6. The number of carbonyl (C=O) groups is 2. The number of amides is 2. The number of nitrogen functional groups attached to an aromatic ring is 1. The van der Waals surface area contributed by atoms with Gasteiger partial charge in [-0.25, -0.2) is 15.0 Å². The minimum Gasteiger partial charge on any atom is -0.454 e. The Hall–Kier alpha value is -3.06. The molecule has 11 nitrogen and oxygen atoms in total. The van der Waals surface area contributed by atoms with E-state index in [0.717, 1.165) is 61.1 Å². The normalized spacial score (nSPS) is 19.3. The molecular formula is C26H30BrN7O4S. The fourth-order valence-corrected chi connectivity index (χ4v) is 6.95. The first-order valence-corrected chi connectivity index (χ1v) is 14.8. The smallest absolute Gasteiger partial charge is 0.245 e. The van der Waals surface area contributed by atoms with Crippen molar-refractivity contribution < 1.29 is 19.1 Å². The Balaban J connectivity index is 1.09. The molecule has 1 aromatic rings. The van der Waals surface area contributed by atoms with E-state index >= 15 is 0 Å². The average molecular weight is 617 g/mol. The van der Waals surface area contributed by atoms with Gasteiger partial charge in [-0.3, -0.25) is 9.59 Å².